The molecule has 1 heterocycles. The smallest absolute Gasteiger partial charge is 0.165 e. The van der Waals surface area contributed by atoms with E-state index in [2.05, 4.69) is 5.10 Å². The van der Waals surface area contributed by atoms with E-state index in [1.165, 1.54) is 6.92 Å². The van der Waals surface area contributed by atoms with Gasteiger partial charge >= 0.3 is 0 Å². The summed E-state index contributed by atoms with van der Waals surface area (Å²) < 4.78 is 7.19. The van der Waals surface area contributed by atoms with Gasteiger partial charge in [0, 0.05) is 0 Å². The number of benzene rings is 1. The van der Waals surface area contributed by atoms with Crippen molar-refractivity contribution in [2.75, 3.05) is 0 Å². The first-order valence-corrected chi connectivity index (χ1v) is 5.40. The van der Waals surface area contributed by atoms with Crippen LogP contribution in [0.1, 0.15) is 12.5 Å². The summed E-state index contributed by atoms with van der Waals surface area (Å²) in [4.78, 5) is 10.9. The van der Waals surface area contributed by atoms with Crippen LogP contribution in [0.25, 0.3) is 0 Å². The van der Waals surface area contributed by atoms with Crippen LogP contribution >= 0.6 is 0 Å². The van der Waals surface area contributed by atoms with Crippen LogP contribution in [-0.2, 0) is 11.3 Å². The van der Waals surface area contributed by atoms with Crippen molar-refractivity contribution in [2.24, 2.45) is 0 Å². The lowest BCUT2D eigenvalue weighted by Crippen LogP contribution is -2.05. The first kappa shape index (κ1) is 11.4. The van der Waals surface area contributed by atoms with Gasteiger partial charge in [-0.3, -0.25) is 9.48 Å². The minimum absolute atomic E-state index is 0.0650. The molecule has 0 aliphatic heterocycles. The Balaban J connectivity index is 2.08. The number of Topliss-reactive ketones (excluding diaryl/α,β-unsaturated/α-hetero) is 1. The molecule has 0 unspecified atom stereocenters. The number of rotatable bonds is 4. The summed E-state index contributed by atoms with van der Waals surface area (Å²) in [6.07, 6.45) is 3.31. The number of hydrogen-bond donors (Lipinski definition) is 0. The van der Waals surface area contributed by atoms with E-state index in [0.29, 0.717) is 5.75 Å². The van der Waals surface area contributed by atoms with Gasteiger partial charge in [0.2, 0.25) is 0 Å². The standard InChI is InChI=1S/C13H14N2O2/c1-10-4-3-5-12(6-10)17-13-7-14-15(9-13)8-11(2)16/h3-7,9H,8H2,1-2H3. The lowest BCUT2D eigenvalue weighted by atomic mass is 10.2. The average molecular weight is 230 g/mol. The Morgan fingerprint density at radius 2 is 2.24 bits per heavy atom. The average Bonchev–Trinajstić information content (AvgIpc) is 2.64. The van der Waals surface area contributed by atoms with Crippen LogP contribution in [-0.4, -0.2) is 15.6 Å². The minimum Gasteiger partial charge on any atom is -0.454 e. The number of hydrogen-bond acceptors (Lipinski definition) is 3. The maximum atomic E-state index is 10.9. The van der Waals surface area contributed by atoms with E-state index < -0.39 is 0 Å². The van der Waals surface area contributed by atoms with Gasteiger partial charge in [-0.1, -0.05) is 12.1 Å². The first-order chi connectivity index (χ1) is 8.13. The third-order valence-corrected chi connectivity index (χ3v) is 2.22. The molecular weight excluding hydrogens is 216 g/mol. The number of aryl methyl sites for hydroxylation is 1. The van der Waals surface area contributed by atoms with Crippen molar-refractivity contribution in [3.8, 4) is 11.5 Å². The quantitative estimate of drug-likeness (QED) is 0.810. The summed E-state index contributed by atoms with van der Waals surface area (Å²) >= 11 is 0. The Morgan fingerprint density at radius 1 is 1.41 bits per heavy atom. The fraction of sp³-hybridized carbons (Fsp3) is 0.231. The van der Waals surface area contributed by atoms with Gasteiger partial charge in [0.15, 0.2) is 11.5 Å². The molecule has 0 spiro atoms. The molecule has 1 aromatic carbocycles. The summed E-state index contributed by atoms with van der Waals surface area (Å²) in [6, 6.07) is 7.77. The zero-order chi connectivity index (χ0) is 12.3. The normalized spacial score (nSPS) is 10.2. The van der Waals surface area contributed by atoms with Crippen LogP contribution in [0, 0.1) is 6.92 Å². The van der Waals surface area contributed by atoms with Gasteiger partial charge in [-0.25, -0.2) is 0 Å². The molecular formula is C13H14N2O2. The van der Waals surface area contributed by atoms with E-state index in [0.717, 1.165) is 11.3 Å². The molecule has 0 atom stereocenters. The van der Waals surface area contributed by atoms with E-state index >= 15 is 0 Å². The molecule has 1 aromatic heterocycles. The van der Waals surface area contributed by atoms with Gasteiger partial charge in [-0.05, 0) is 31.5 Å². The molecule has 0 radical (unpaired) electrons. The second-order valence-electron chi connectivity index (χ2n) is 3.99. The van der Waals surface area contributed by atoms with Crippen molar-refractivity contribution in [3.63, 3.8) is 0 Å². The maximum Gasteiger partial charge on any atom is 0.165 e. The Kier molecular flexibility index (Phi) is 3.23. The number of carbonyl (C=O) groups is 1. The number of ketones is 1. The molecule has 17 heavy (non-hydrogen) atoms. The Labute approximate surface area is 99.8 Å². The van der Waals surface area contributed by atoms with Crippen molar-refractivity contribution in [3.05, 3.63) is 42.2 Å². The summed E-state index contributed by atoms with van der Waals surface area (Å²) in [7, 11) is 0. The summed E-state index contributed by atoms with van der Waals surface area (Å²) in [5.74, 6) is 1.47. The van der Waals surface area contributed by atoms with Gasteiger partial charge in [0.05, 0.1) is 18.9 Å². The van der Waals surface area contributed by atoms with Crippen molar-refractivity contribution in [1.29, 1.82) is 0 Å². The highest BCUT2D eigenvalue weighted by atomic mass is 16.5. The molecule has 0 fully saturated rings. The fourth-order valence-corrected chi connectivity index (χ4v) is 1.53. The summed E-state index contributed by atoms with van der Waals surface area (Å²) in [5.41, 5.74) is 1.14. The summed E-state index contributed by atoms with van der Waals surface area (Å²) in [6.45, 7) is 3.81. The summed E-state index contributed by atoms with van der Waals surface area (Å²) in [5, 5.41) is 4.05. The zero-order valence-electron chi connectivity index (χ0n) is 9.88. The van der Waals surface area contributed by atoms with Crippen molar-refractivity contribution >= 4 is 5.78 Å². The van der Waals surface area contributed by atoms with Crippen LogP contribution < -0.4 is 4.74 Å². The van der Waals surface area contributed by atoms with Gasteiger partial charge in [-0.2, -0.15) is 5.10 Å². The monoisotopic (exact) mass is 230 g/mol. The van der Waals surface area contributed by atoms with Gasteiger partial charge in [0.1, 0.15) is 5.75 Å². The topological polar surface area (TPSA) is 44.1 Å². The Morgan fingerprint density at radius 3 is 2.94 bits per heavy atom. The predicted molar refractivity (Wildman–Crippen MR) is 64.2 cm³/mol. The van der Waals surface area contributed by atoms with Crippen molar-refractivity contribution in [2.45, 2.75) is 20.4 Å². The highest BCUT2D eigenvalue weighted by Crippen LogP contribution is 2.21. The molecule has 4 heteroatoms. The lowest BCUT2D eigenvalue weighted by Gasteiger charge is -2.02. The highest BCUT2D eigenvalue weighted by molar-refractivity contribution is 5.75. The van der Waals surface area contributed by atoms with Crippen LogP contribution in [0.15, 0.2) is 36.7 Å². The molecule has 88 valence electrons. The molecule has 0 aliphatic carbocycles. The molecule has 2 rings (SSSR count). The second-order valence-corrected chi connectivity index (χ2v) is 3.99. The minimum atomic E-state index is 0.0650. The van der Waals surface area contributed by atoms with Gasteiger partial charge < -0.3 is 4.74 Å². The highest BCUT2D eigenvalue weighted by Gasteiger charge is 2.03. The lowest BCUT2D eigenvalue weighted by molar-refractivity contribution is -0.117. The molecule has 0 saturated heterocycles. The van der Waals surface area contributed by atoms with Crippen LogP contribution in [0.5, 0.6) is 11.5 Å². The zero-order valence-corrected chi connectivity index (χ0v) is 9.88. The van der Waals surface area contributed by atoms with Gasteiger partial charge in [0.25, 0.3) is 0 Å². The number of carbonyl (C=O) groups excluding carboxylic acids is 1. The number of aromatic nitrogens is 2. The predicted octanol–water partition coefficient (Wildman–Crippen LogP) is 2.57. The van der Waals surface area contributed by atoms with Crippen molar-refractivity contribution < 1.29 is 9.53 Å². The Hall–Kier alpha value is -2.10. The largest absolute Gasteiger partial charge is 0.454 e. The van der Waals surface area contributed by atoms with E-state index in [9.17, 15) is 4.79 Å². The third-order valence-electron chi connectivity index (χ3n) is 2.22. The van der Waals surface area contributed by atoms with Crippen LogP contribution in [0.2, 0.25) is 0 Å². The first-order valence-electron chi connectivity index (χ1n) is 5.40. The Bertz CT molecular complexity index is 532. The molecule has 0 saturated carbocycles. The van der Waals surface area contributed by atoms with Crippen molar-refractivity contribution in [1.82, 2.24) is 9.78 Å². The maximum absolute atomic E-state index is 10.9. The SMILES string of the molecule is CC(=O)Cn1cc(Oc2cccc(C)c2)cn1. The molecule has 0 N–H and O–H groups in total. The van der Waals surface area contributed by atoms with Gasteiger partial charge in [-0.15, -0.1) is 0 Å². The van der Waals surface area contributed by atoms with E-state index in [-0.39, 0.29) is 12.3 Å². The molecule has 0 bridgehead atoms. The third kappa shape index (κ3) is 3.17. The van der Waals surface area contributed by atoms with E-state index in [1.54, 1.807) is 17.1 Å². The number of ether oxygens (including phenoxy) is 1. The van der Waals surface area contributed by atoms with Crippen LogP contribution in [0.4, 0.5) is 0 Å². The molecule has 0 amide bonds. The number of nitrogens with zero attached hydrogens (tertiary/aromatic N) is 2. The van der Waals surface area contributed by atoms with E-state index in [1.807, 2.05) is 31.2 Å². The fourth-order valence-electron chi connectivity index (χ4n) is 1.53. The molecule has 2 aromatic rings. The second kappa shape index (κ2) is 4.82. The molecule has 4 nitrogen and oxygen atoms in total. The van der Waals surface area contributed by atoms with Crippen LogP contribution in [0.3, 0.4) is 0 Å². The van der Waals surface area contributed by atoms with E-state index in [4.69, 9.17) is 4.74 Å². The molecule has 0 aliphatic rings.